The third-order valence-electron chi connectivity index (χ3n) is 2.70. The van der Waals surface area contributed by atoms with Gasteiger partial charge in [0.05, 0.1) is 13.4 Å². The van der Waals surface area contributed by atoms with E-state index in [4.69, 9.17) is 9.15 Å². The lowest BCUT2D eigenvalue weighted by molar-refractivity contribution is 0.380. The van der Waals surface area contributed by atoms with E-state index in [-0.39, 0.29) is 6.04 Å². The van der Waals surface area contributed by atoms with Crippen LogP contribution < -0.4 is 10.1 Å². The van der Waals surface area contributed by atoms with Gasteiger partial charge in [-0.15, -0.1) is 0 Å². The first-order chi connectivity index (χ1) is 8.35. The molecule has 0 aliphatic heterocycles. The van der Waals surface area contributed by atoms with E-state index in [9.17, 15) is 0 Å². The molecule has 0 fully saturated rings. The normalized spacial score (nSPS) is 12.4. The largest absolute Gasteiger partial charge is 0.481 e. The van der Waals surface area contributed by atoms with E-state index in [1.807, 2.05) is 31.3 Å². The number of nitrogens with one attached hydrogen (secondary N) is 1. The third-order valence-corrected chi connectivity index (χ3v) is 2.70. The summed E-state index contributed by atoms with van der Waals surface area (Å²) in [6, 6.07) is 7.90. The lowest BCUT2D eigenvalue weighted by Crippen LogP contribution is -2.19. The second-order valence-corrected chi connectivity index (χ2v) is 3.73. The van der Waals surface area contributed by atoms with Gasteiger partial charge in [-0.2, -0.15) is 0 Å². The number of rotatable bonds is 5. The van der Waals surface area contributed by atoms with Crippen LogP contribution in [0.2, 0.25) is 0 Å². The molecule has 0 bridgehead atoms. The number of hydrogen-bond donors (Lipinski definition) is 1. The van der Waals surface area contributed by atoms with E-state index in [0.29, 0.717) is 5.88 Å². The number of hydrogen-bond acceptors (Lipinski definition) is 4. The van der Waals surface area contributed by atoms with Crippen molar-refractivity contribution in [2.45, 2.75) is 12.5 Å². The van der Waals surface area contributed by atoms with Crippen molar-refractivity contribution >= 4 is 0 Å². The van der Waals surface area contributed by atoms with Crippen molar-refractivity contribution in [1.82, 2.24) is 10.3 Å². The Labute approximate surface area is 101 Å². The summed E-state index contributed by atoms with van der Waals surface area (Å²) in [4.78, 5) is 4.20. The van der Waals surface area contributed by atoms with E-state index in [1.54, 1.807) is 19.6 Å². The molecule has 1 N–H and O–H groups in total. The molecule has 4 nitrogen and oxygen atoms in total. The predicted molar refractivity (Wildman–Crippen MR) is 65.0 cm³/mol. The molecular weight excluding hydrogens is 216 g/mol. The standard InChI is InChI=1S/C13H16N2O2/c1-14-12(9-10-5-4-8-17-10)11-6-3-7-15-13(11)16-2/h3-8,12,14H,9H2,1-2H3. The number of nitrogens with zero attached hydrogens (tertiary/aromatic N) is 1. The highest BCUT2D eigenvalue weighted by Crippen LogP contribution is 2.25. The van der Waals surface area contributed by atoms with E-state index in [0.717, 1.165) is 17.7 Å². The van der Waals surface area contributed by atoms with Crippen LogP contribution in [0.4, 0.5) is 0 Å². The van der Waals surface area contributed by atoms with Gasteiger partial charge in [0, 0.05) is 24.2 Å². The van der Waals surface area contributed by atoms with Crippen molar-refractivity contribution in [3.63, 3.8) is 0 Å². The Morgan fingerprint density at radius 3 is 2.94 bits per heavy atom. The topological polar surface area (TPSA) is 47.3 Å². The Kier molecular flexibility index (Phi) is 3.77. The fourth-order valence-electron chi connectivity index (χ4n) is 1.84. The van der Waals surface area contributed by atoms with Gasteiger partial charge in [-0.05, 0) is 25.2 Å². The van der Waals surface area contributed by atoms with Gasteiger partial charge >= 0.3 is 0 Å². The molecule has 90 valence electrons. The Bertz CT molecular complexity index is 454. The van der Waals surface area contributed by atoms with E-state index < -0.39 is 0 Å². The summed E-state index contributed by atoms with van der Waals surface area (Å²) in [7, 11) is 3.55. The molecule has 0 radical (unpaired) electrons. The summed E-state index contributed by atoms with van der Waals surface area (Å²) in [5.41, 5.74) is 1.04. The second kappa shape index (κ2) is 5.50. The quantitative estimate of drug-likeness (QED) is 0.858. The van der Waals surface area contributed by atoms with Crippen LogP contribution in [-0.4, -0.2) is 19.1 Å². The van der Waals surface area contributed by atoms with Crippen LogP contribution in [0.15, 0.2) is 41.1 Å². The molecule has 0 aliphatic rings. The molecule has 0 saturated carbocycles. The molecule has 2 aromatic rings. The number of ether oxygens (including phenoxy) is 1. The Morgan fingerprint density at radius 2 is 2.29 bits per heavy atom. The minimum atomic E-state index is 0.129. The molecular formula is C13H16N2O2. The van der Waals surface area contributed by atoms with Gasteiger partial charge in [0.2, 0.25) is 5.88 Å². The van der Waals surface area contributed by atoms with Crippen molar-refractivity contribution in [2.75, 3.05) is 14.2 Å². The number of methoxy groups -OCH3 is 1. The highest BCUT2D eigenvalue weighted by molar-refractivity contribution is 5.29. The molecule has 4 heteroatoms. The Balaban J connectivity index is 2.22. The molecule has 0 aliphatic carbocycles. The fourth-order valence-corrected chi connectivity index (χ4v) is 1.84. The van der Waals surface area contributed by atoms with Crippen molar-refractivity contribution in [1.29, 1.82) is 0 Å². The van der Waals surface area contributed by atoms with Crippen molar-refractivity contribution in [3.05, 3.63) is 48.0 Å². The molecule has 0 spiro atoms. The summed E-state index contributed by atoms with van der Waals surface area (Å²) >= 11 is 0. The summed E-state index contributed by atoms with van der Waals surface area (Å²) in [6.07, 6.45) is 4.18. The summed E-state index contributed by atoms with van der Waals surface area (Å²) in [5, 5.41) is 3.25. The molecule has 2 aromatic heterocycles. The zero-order chi connectivity index (χ0) is 12.1. The third kappa shape index (κ3) is 2.65. The predicted octanol–water partition coefficient (Wildman–Crippen LogP) is 2.19. The lowest BCUT2D eigenvalue weighted by Gasteiger charge is -2.17. The highest BCUT2D eigenvalue weighted by Gasteiger charge is 2.16. The number of furan rings is 1. The minimum Gasteiger partial charge on any atom is -0.481 e. The van der Waals surface area contributed by atoms with E-state index in [2.05, 4.69) is 10.3 Å². The first kappa shape index (κ1) is 11.7. The van der Waals surface area contributed by atoms with Crippen LogP contribution in [0.25, 0.3) is 0 Å². The van der Waals surface area contributed by atoms with Gasteiger partial charge in [0.25, 0.3) is 0 Å². The van der Waals surface area contributed by atoms with Crippen molar-refractivity contribution in [3.8, 4) is 5.88 Å². The maximum Gasteiger partial charge on any atom is 0.217 e. The van der Waals surface area contributed by atoms with Gasteiger partial charge in [0.15, 0.2) is 0 Å². The first-order valence-electron chi connectivity index (χ1n) is 5.53. The number of likely N-dealkylation sites (N-methyl/N-ethyl adjacent to an activating group) is 1. The average Bonchev–Trinajstić information content (AvgIpc) is 2.89. The molecule has 1 unspecified atom stereocenters. The molecule has 2 rings (SSSR count). The smallest absolute Gasteiger partial charge is 0.217 e. The van der Waals surface area contributed by atoms with Crippen LogP contribution in [0, 0.1) is 0 Å². The molecule has 2 heterocycles. The Morgan fingerprint density at radius 1 is 1.41 bits per heavy atom. The fraction of sp³-hybridized carbons (Fsp3) is 0.308. The molecule has 0 aromatic carbocycles. The van der Waals surface area contributed by atoms with Gasteiger partial charge in [-0.1, -0.05) is 6.07 Å². The van der Waals surface area contributed by atoms with E-state index in [1.165, 1.54) is 0 Å². The van der Waals surface area contributed by atoms with Gasteiger partial charge in [0.1, 0.15) is 5.76 Å². The van der Waals surface area contributed by atoms with Crippen molar-refractivity contribution in [2.24, 2.45) is 0 Å². The SMILES string of the molecule is CNC(Cc1ccco1)c1cccnc1OC. The summed E-state index contributed by atoms with van der Waals surface area (Å²) < 4.78 is 10.6. The minimum absolute atomic E-state index is 0.129. The van der Waals surface area contributed by atoms with E-state index >= 15 is 0 Å². The zero-order valence-electron chi connectivity index (χ0n) is 10.0. The van der Waals surface area contributed by atoms with Crippen molar-refractivity contribution < 1.29 is 9.15 Å². The molecule has 0 amide bonds. The summed E-state index contributed by atoms with van der Waals surface area (Å²) in [5.74, 6) is 1.59. The average molecular weight is 232 g/mol. The van der Waals surface area contributed by atoms with Gasteiger partial charge in [-0.3, -0.25) is 0 Å². The van der Waals surface area contributed by atoms with Gasteiger partial charge < -0.3 is 14.5 Å². The molecule has 17 heavy (non-hydrogen) atoms. The van der Waals surface area contributed by atoms with Crippen LogP contribution in [0.3, 0.4) is 0 Å². The monoisotopic (exact) mass is 232 g/mol. The zero-order valence-corrected chi connectivity index (χ0v) is 10.0. The number of aromatic nitrogens is 1. The van der Waals surface area contributed by atoms with Crippen LogP contribution >= 0.6 is 0 Å². The van der Waals surface area contributed by atoms with Crippen LogP contribution in [0.5, 0.6) is 5.88 Å². The van der Waals surface area contributed by atoms with Crippen LogP contribution in [0.1, 0.15) is 17.4 Å². The Hall–Kier alpha value is -1.81. The maximum absolute atomic E-state index is 5.36. The molecule has 0 saturated heterocycles. The second-order valence-electron chi connectivity index (χ2n) is 3.73. The highest BCUT2D eigenvalue weighted by atomic mass is 16.5. The summed E-state index contributed by atoms with van der Waals surface area (Å²) in [6.45, 7) is 0. The molecule has 1 atom stereocenters. The maximum atomic E-state index is 5.36. The van der Waals surface area contributed by atoms with Crippen LogP contribution in [-0.2, 0) is 6.42 Å². The number of pyridine rings is 1. The lowest BCUT2D eigenvalue weighted by atomic mass is 10.0. The van der Waals surface area contributed by atoms with Gasteiger partial charge in [-0.25, -0.2) is 4.98 Å². The first-order valence-corrected chi connectivity index (χ1v) is 5.53.